The van der Waals surface area contributed by atoms with Gasteiger partial charge in [-0.05, 0) is 74.1 Å². The second-order valence-corrected chi connectivity index (χ2v) is 11.0. The second kappa shape index (κ2) is 8.98. The topological polar surface area (TPSA) is 119 Å². The summed E-state index contributed by atoms with van der Waals surface area (Å²) in [6, 6.07) is 1.51. The Morgan fingerprint density at radius 1 is 1.18 bits per heavy atom. The number of sulfonamides is 1. The molecule has 1 unspecified atom stereocenters. The molecule has 33 heavy (non-hydrogen) atoms. The van der Waals surface area contributed by atoms with Gasteiger partial charge in [0.1, 0.15) is 0 Å². The Balaban J connectivity index is 1.39. The monoisotopic (exact) mass is 476 g/mol. The van der Waals surface area contributed by atoms with E-state index in [0.717, 1.165) is 73.7 Å². The summed E-state index contributed by atoms with van der Waals surface area (Å²) >= 11 is 0. The maximum absolute atomic E-state index is 12.6. The maximum atomic E-state index is 12.6. The highest BCUT2D eigenvalue weighted by Gasteiger charge is 2.38. The van der Waals surface area contributed by atoms with Crippen molar-refractivity contribution in [2.45, 2.75) is 57.4 Å². The normalized spacial score (nSPS) is 22.0. The zero-order valence-electron chi connectivity index (χ0n) is 19.2. The van der Waals surface area contributed by atoms with Crippen LogP contribution in [-0.4, -0.2) is 67.7 Å². The lowest BCUT2D eigenvalue weighted by Crippen LogP contribution is -2.58. The molecule has 0 aromatic heterocycles. The molecule has 1 atom stereocenters. The molecule has 1 aliphatic heterocycles. The van der Waals surface area contributed by atoms with E-state index in [9.17, 15) is 18.0 Å². The Kier molecular flexibility index (Phi) is 6.41. The van der Waals surface area contributed by atoms with Crippen LogP contribution in [0.1, 0.15) is 48.4 Å². The fraction of sp³-hybridized carbons (Fsp3) is 0.565. The molecule has 3 N–H and O–H groups in total. The van der Waals surface area contributed by atoms with Gasteiger partial charge in [-0.3, -0.25) is 4.90 Å². The third-order valence-corrected chi connectivity index (χ3v) is 8.16. The Labute approximate surface area is 194 Å². The lowest BCUT2D eigenvalue weighted by Gasteiger charge is -2.49. The van der Waals surface area contributed by atoms with Gasteiger partial charge in [0.15, 0.2) is 0 Å². The van der Waals surface area contributed by atoms with Gasteiger partial charge in [0.25, 0.3) is 10.0 Å². The lowest BCUT2D eigenvalue weighted by atomic mass is 9.87. The minimum absolute atomic E-state index is 0.331. The van der Waals surface area contributed by atoms with E-state index in [4.69, 9.17) is 5.11 Å². The number of urea groups is 1. The van der Waals surface area contributed by atoms with Gasteiger partial charge in [0, 0.05) is 43.3 Å². The molecule has 10 heteroatoms. The van der Waals surface area contributed by atoms with Gasteiger partial charge in [0.2, 0.25) is 0 Å². The van der Waals surface area contributed by atoms with Gasteiger partial charge < -0.3 is 15.3 Å². The molecule has 0 bridgehead atoms. The van der Waals surface area contributed by atoms with Crippen LogP contribution in [0.15, 0.2) is 17.6 Å². The van der Waals surface area contributed by atoms with Crippen LogP contribution in [-0.2, 0) is 35.7 Å². The van der Waals surface area contributed by atoms with Crippen LogP contribution >= 0.6 is 0 Å². The Morgan fingerprint density at radius 2 is 1.82 bits per heavy atom. The zero-order valence-corrected chi connectivity index (χ0v) is 20.0. The summed E-state index contributed by atoms with van der Waals surface area (Å²) in [5.74, 6) is 0. The number of nitrogens with one attached hydrogen (secondary N) is 2. The minimum Gasteiger partial charge on any atom is -0.465 e. The SMILES string of the molecule is CN(CCN1CCC1(C)C=CS(=O)(=O)NC(=O)Nc1c2c(cc3c1CCC3)CCC2)C(=O)O. The molecular formula is C23H32N4O5S. The number of nitrogens with zero attached hydrogens (tertiary/aromatic N) is 2. The van der Waals surface area contributed by atoms with Crippen molar-refractivity contribution in [2.24, 2.45) is 0 Å². The molecule has 1 aromatic rings. The first-order valence-corrected chi connectivity index (χ1v) is 13.0. The molecule has 9 nitrogen and oxygen atoms in total. The number of amides is 3. The quantitative estimate of drug-likeness (QED) is 0.557. The van der Waals surface area contributed by atoms with Gasteiger partial charge in [-0.15, -0.1) is 0 Å². The molecule has 3 aliphatic rings. The summed E-state index contributed by atoms with van der Waals surface area (Å²) in [6.07, 6.45) is 7.22. The van der Waals surface area contributed by atoms with Crippen molar-refractivity contribution >= 4 is 27.8 Å². The highest BCUT2D eigenvalue weighted by atomic mass is 32.2. The van der Waals surface area contributed by atoms with Crippen LogP contribution < -0.4 is 10.0 Å². The molecule has 1 saturated heterocycles. The fourth-order valence-electron chi connectivity index (χ4n) is 5.05. The van der Waals surface area contributed by atoms with Crippen LogP contribution in [0.3, 0.4) is 0 Å². The molecule has 180 valence electrons. The number of carboxylic acid groups (broad SMARTS) is 1. The number of carbonyl (C=O) groups is 2. The molecule has 1 fully saturated rings. The van der Waals surface area contributed by atoms with Gasteiger partial charge in [-0.25, -0.2) is 22.7 Å². The van der Waals surface area contributed by atoms with Crippen LogP contribution in [0.4, 0.5) is 15.3 Å². The predicted molar refractivity (Wildman–Crippen MR) is 126 cm³/mol. The number of rotatable bonds is 7. The average Bonchev–Trinajstić information content (AvgIpc) is 3.40. The molecule has 0 radical (unpaired) electrons. The predicted octanol–water partition coefficient (Wildman–Crippen LogP) is 2.70. The van der Waals surface area contributed by atoms with Gasteiger partial charge in [-0.2, -0.15) is 0 Å². The molecule has 4 rings (SSSR count). The standard InChI is InChI=1S/C23H32N4O5S/c1-23(9-11-27(23)13-12-26(2)22(29)30)10-14-33(31,32)25-21(28)24-20-18-7-3-5-16(18)15-17-6-4-8-19(17)20/h10,14-15H,3-9,11-13H2,1-2H3,(H,29,30)(H2,24,25,28). The van der Waals surface area contributed by atoms with E-state index in [0.29, 0.717) is 13.1 Å². The fourth-order valence-corrected chi connectivity index (χ4v) is 5.90. The highest BCUT2D eigenvalue weighted by molar-refractivity contribution is 7.92. The molecule has 1 aromatic carbocycles. The Hall–Kier alpha value is -2.59. The van der Waals surface area contributed by atoms with Crippen molar-refractivity contribution in [3.63, 3.8) is 0 Å². The number of hydrogen-bond donors (Lipinski definition) is 3. The van der Waals surface area contributed by atoms with E-state index in [1.165, 1.54) is 23.1 Å². The molecule has 1 heterocycles. The average molecular weight is 477 g/mol. The summed E-state index contributed by atoms with van der Waals surface area (Å²) < 4.78 is 27.3. The van der Waals surface area contributed by atoms with E-state index >= 15 is 0 Å². The van der Waals surface area contributed by atoms with Gasteiger partial charge in [-0.1, -0.05) is 12.1 Å². The molecular weight excluding hydrogens is 444 g/mol. The Bertz CT molecular complexity index is 1070. The smallest absolute Gasteiger partial charge is 0.407 e. The van der Waals surface area contributed by atoms with E-state index in [2.05, 4.69) is 16.1 Å². The van der Waals surface area contributed by atoms with Gasteiger partial charge >= 0.3 is 12.1 Å². The van der Waals surface area contributed by atoms with Crippen LogP contribution in [0.2, 0.25) is 0 Å². The summed E-state index contributed by atoms with van der Waals surface area (Å²) in [7, 11) is -2.48. The largest absolute Gasteiger partial charge is 0.465 e. The van der Waals surface area contributed by atoms with E-state index in [1.807, 2.05) is 11.8 Å². The summed E-state index contributed by atoms with van der Waals surface area (Å²) in [4.78, 5) is 26.8. The number of anilines is 1. The van der Waals surface area contributed by atoms with Crippen molar-refractivity contribution in [1.82, 2.24) is 14.5 Å². The number of benzene rings is 1. The van der Waals surface area contributed by atoms with E-state index in [-0.39, 0.29) is 0 Å². The lowest BCUT2D eigenvalue weighted by molar-refractivity contribution is 0.0332. The van der Waals surface area contributed by atoms with Crippen LogP contribution in [0.25, 0.3) is 0 Å². The first-order valence-electron chi connectivity index (χ1n) is 11.5. The summed E-state index contributed by atoms with van der Waals surface area (Å²) in [5.41, 5.74) is 5.12. The highest BCUT2D eigenvalue weighted by Crippen LogP contribution is 2.38. The molecule has 2 aliphatic carbocycles. The number of aryl methyl sites for hydroxylation is 2. The first kappa shape index (κ1) is 23.6. The molecule has 0 saturated carbocycles. The van der Waals surface area contributed by atoms with Crippen LogP contribution in [0.5, 0.6) is 0 Å². The second-order valence-electron chi connectivity index (χ2n) is 9.44. The molecule has 0 spiro atoms. The number of carbonyl (C=O) groups excluding carboxylic acids is 1. The zero-order chi connectivity index (χ0) is 23.8. The van der Waals surface area contributed by atoms with Crippen molar-refractivity contribution in [3.8, 4) is 0 Å². The number of likely N-dealkylation sites (tertiary alicyclic amines) is 1. The number of likely N-dealkylation sites (N-methyl/N-ethyl adjacent to an activating group) is 1. The maximum Gasteiger partial charge on any atom is 0.407 e. The van der Waals surface area contributed by atoms with Crippen molar-refractivity contribution in [1.29, 1.82) is 0 Å². The third-order valence-electron chi connectivity index (χ3n) is 7.19. The van der Waals surface area contributed by atoms with E-state index in [1.54, 1.807) is 6.08 Å². The van der Waals surface area contributed by atoms with Crippen molar-refractivity contribution < 1.29 is 23.1 Å². The van der Waals surface area contributed by atoms with E-state index < -0.39 is 27.7 Å². The van der Waals surface area contributed by atoms with Crippen molar-refractivity contribution in [3.05, 3.63) is 39.8 Å². The minimum atomic E-state index is -3.98. The Morgan fingerprint density at radius 3 is 2.36 bits per heavy atom. The van der Waals surface area contributed by atoms with Crippen molar-refractivity contribution in [2.75, 3.05) is 32.0 Å². The third kappa shape index (κ3) is 5.01. The van der Waals surface area contributed by atoms with Gasteiger partial charge in [0.05, 0.1) is 0 Å². The summed E-state index contributed by atoms with van der Waals surface area (Å²) in [5, 5.41) is 12.9. The number of hydrogen-bond acceptors (Lipinski definition) is 5. The summed E-state index contributed by atoms with van der Waals surface area (Å²) in [6.45, 7) is 3.49. The first-order chi connectivity index (χ1) is 15.6. The number of fused-ring (bicyclic) bond motifs is 2. The molecule has 3 amide bonds. The van der Waals surface area contributed by atoms with Crippen LogP contribution in [0, 0.1) is 0 Å².